The van der Waals surface area contributed by atoms with E-state index in [1.54, 1.807) is 0 Å². The molecular formula is C16H13N3O6. The number of aromatic carboxylic acids is 2. The monoisotopic (exact) mass is 343 g/mol. The van der Waals surface area contributed by atoms with Crippen molar-refractivity contribution in [2.45, 2.75) is 6.92 Å². The van der Waals surface area contributed by atoms with Crippen molar-refractivity contribution in [2.75, 3.05) is 10.6 Å². The molecule has 1 aromatic carbocycles. The zero-order valence-corrected chi connectivity index (χ0v) is 12.9. The van der Waals surface area contributed by atoms with Crippen molar-refractivity contribution in [3.8, 4) is 0 Å². The molecule has 1 heterocycles. The second-order valence-corrected chi connectivity index (χ2v) is 4.97. The first-order valence-corrected chi connectivity index (χ1v) is 6.93. The zero-order valence-electron chi connectivity index (χ0n) is 12.9. The van der Waals surface area contributed by atoms with Crippen molar-refractivity contribution in [1.29, 1.82) is 0 Å². The van der Waals surface area contributed by atoms with Crippen molar-refractivity contribution in [3.05, 3.63) is 53.2 Å². The molecule has 0 saturated carbocycles. The molecule has 0 aliphatic rings. The van der Waals surface area contributed by atoms with Gasteiger partial charge in [0.15, 0.2) is 0 Å². The lowest BCUT2D eigenvalue weighted by Crippen LogP contribution is -2.15. The van der Waals surface area contributed by atoms with Gasteiger partial charge in [0.25, 0.3) is 5.91 Å². The van der Waals surface area contributed by atoms with Crippen molar-refractivity contribution >= 4 is 35.3 Å². The van der Waals surface area contributed by atoms with Crippen LogP contribution in [-0.2, 0) is 4.79 Å². The Hall–Kier alpha value is -3.75. The quantitative estimate of drug-likeness (QED) is 0.646. The molecule has 2 rings (SSSR count). The van der Waals surface area contributed by atoms with Gasteiger partial charge in [-0.3, -0.25) is 9.59 Å². The van der Waals surface area contributed by atoms with Gasteiger partial charge in [0.2, 0.25) is 5.91 Å². The van der Waals surface area contributed by atoms with Gasteiger partial charge in [0, 0.05) is 24.4 Å². The molecule has 0 spiro atoms. The molecule has 0 radical (unpaired) electrons. The van der Waals surface area contributed by atoms with Gasteiger partial charge in [-0.2, -0.15) is 0 Å². The minimum absolute atomic E-state index is 0.0141. The van der Waals surface area contributed by atoms with E-state index in [1.165, 1.54) is 25.3 Å². The van der Waals surface area contributed by atoms with Crippen LogP contribution in [0, 0.1) is 0 Å². The number of rotatable bonds is 5. The maximum atomic E-state index is 12.3. The van der Waals surface area contributed by atoms with Crippen LogP contribution in [0.4, 0.5) is 11.5 Å². The summed E-state index contributed by atoms with van der Waals surface area (Å²) in [5.41, 5.74) is -0.385. The van der Waals surface area contributed by atoms with Crippen molar-refractivity contribution in [2.24, 2.45) is 0 Å². The summed E-state index contributed by atoms with van der Waals surface area (Å²) in [6, 6.07) is 5.99. The summed E-state index contributed by atoms with van der Waals surface area (Å²) in [6.45, 7) is 1.29. The predicted octanol–water partition coefficient (Wildman–Crippen LogP) is 1.69. The number of hydrogen-bond acceptors (Lipinski definition) is 5. The summed E-state index contributed by atoms with van der Waals surface area (Å²) in [5, 5.41) is 22.9. The van der Waals surface area contributed by atoms with E-state index in [2.05, 4.69) is 15.6 Å². The van der Waals surface area contributed by atoms with Gasteiger partial charge in [-0.05, 0) is 30.3 Å². The third kappa shape index (κ3) is 4.61. The fourth-order valence-corrected chi connectivity index (χ4v) is 1.97. The standard InChI is InChI=1S/C16H13N3O6/c1-8(20)18-13-7-9(2-3-17-13)14(21)19-12-5-10(15(22)23)4-11(6-12)16(24)25/h2-7H,1H3,(H,19,21)(H,22,23)(H,24,25)(H,17,18,20). The van der Waals surface area contributed by atoms with Crippen LogP contribution in [0.15, 0.2) is 36.5 Å². The number of carboxylic acid groups (broad SMARTS) is 2. The largest absolute Gasteiger partial charge is 0.478 e. The second kappa shape index (κ2) is 7.21. The number of carbonyl (C=O) groups is 4. The second-order valence-electron chi connectivity index (χ2n) is 4.97. The molecule has 9 nitrogen and oxygen atoms in total. The number of benzene rings is 1. The molecular weight excluding hydrogens is 330 g/mol. The molecule has 0 bridgehead atoms. The Bertz CT molecular complexity index is 846. The fraction of sp³-hybridized carbons (Fsp3) is 0.0625. The molecule has 2 amide bonds. The first-order valence-electron chi connectivity index (χ1n) is 6.93. The number of carboxylic acids is 2. The lowest BCUT2D eigenvalue weighted by molar-refractivity contribution is -0.114. The van der Waals surface area contributed by atoms with Crippen molar-refractivity contribution < 1.29 is 29.4 Å². The smallest absolute Gasteiger partial charge is 0.335 e. The SMILES string of the molecule is CC(=O)Nc1cc(C(=O)Nc2cc(C(=O)O)cc(C(=O)O)c2)ccn1. The highest BCUT2D eigenvalue weighted by atomic mass is 16.4. The number of nitrogens with one attached hydrogen (secondary N) is 2. The van der Waals surface area contributed by atoms with Crippen LogP contribution in [-0.4, -0.2) is 39.0 Å². The molecule has 0 aliphatic carbocycles. The summed E-state index contributed by atoms with van der Waals surface area (Å²) in [7, 11) is 0. The number of aromatic nitrogens is 1. The molecule has 2 aromatic rings. The Labute approximate surface area is 141 Å². The predicted molar refractivity (Wildman–Crippen MR) is 86.9 cm³/mol. The van der Waals surface area contributed by atoms with E-state index >= 15 is 0 Å². The molecule has 1 aromatic heterocycles. The summed E-state index contributed by atoms with van der Waals surface area (Å²) < 4.78 is 0. The Kier molecular flexibility index (Phi) is 5.08. The summed E-state index contributed by atoms with van der Waals surface area (Å²) in [4.78, 5) is 49.3. The summed E-state index contributed by atoms with van der Waals surface area (Å²) >= 11 is 0. The van der Waals surface area contributed by atoms with E-state index in [0.717, 1.165) is 18.2 Å². The first kappa shape index (κ1) is 17.6. The van der Waals surface area contributed by atoms with Gasteiger partial charge in [0.1, 0.15) is 5.82 Å². The molecule has 9 heteroatoms. The van der Waals surface area contributed by atoms with E-state index < -0.39 is 17.8 Å². The van der Waals surface area contributed by atoms with Crippen LogP contribution in [0.2, 0.25) is 0 Å². The number of pyridine rings is 1. The van der Waals surface area contributed by atoms with Crippen LogP contribution >= 0.6 is 0 Å². The lowest BCUT2D eigenvalue weighted by Gasteiger charge is -2.09. The van der Waals surface area contributed by atoms with E-state index in [1.807, 2.05) is 0 Å². The van der Waals surface area contributed by atoms with Gasteiger partial charge in [-0.15, -0.1) is 0 Å². The average molecular weight is 343 g/mol. The number of amides is 2. The zero-order chi connectivity index (χ0) is 18.6. The molecule has 0 atom stereocenters. The Morgan fingerprint density at radius 1 is 0.880 bits per heavy atom. The highest BCUT2D eigenvalue weighted by Crippen LogP contribution is 2.17. The highest BCUT2D eigenvalue weighted by molar-refractivity contribution is 6.06. The topological polar surface area (TPSA) is 146 Å². The lowest BCUT2D eigenvalue weighted by atomic mass is 10.1. The van der Waals surface area contributed by atoms with E-state index in [0.29, 0.717) is 0 Å². The number of carbonyl (C=O) groups excluding carboxylic acids is 2. The Morgan fingerprint density at radius 3 is 2.00 bits per heavy atom. The van der Waals surface area contributed by atoms with Gasteiger partial charge in [0.05, 0.1) is 11.1 Å². The van der Waals surface area contributed by atoms with Crippen LogP contribution in [0.3, 0.4) is 0 Å². The van der Waals surface area contributed by atoms with E-state index in [4.69, 9.17) is 10.2 Å². The minimum atomic E-state index is -1.32. The maximum absolute atomic E-state index is 12.3. The Morgan fingerprint density at radius 2 is 1.48 bits per heavy atom. The fourth-order valence-electron chi connectivity index (χ4n) is 1.97. The first-order chi connectivity index (χ1) is 11.8. The molecule has 128 valence electrons. The average Bonchev–Trinajstić information content (AvgIpc) is 2.54. The molecule has 0 saturated heterocycles. The normalized spacial score (nSPS) is 9.96. The number of anilines is 2. The minimum Gasteiger partial charge on any atom is -0.478 e. The van der Waals surface area contributed by atoms with Crippen LogP contribution in [0.25, 0.3) is 0 Å². The van der Waals surface area contributed by atoms with Gasteiger partial charge in [-0.1, -0.05) is 0 Å². The van der Waals surface area contributed by atoms with E-state index in [9.17, 15) is 19.2 Å². The van der Waals surface area contributed by atoms with Crippen LogP contribution in [0.1, 0.15) is 38.0 Å². The molecule has 0 unspecified atom stereocenters. The third-order valence-electron chi connectivity index (χ3n) is 3.01. The third-order valence-corrected chi connectivity index (χ3v) is 3.01. The van der Waals surface area contributed by atoms with Gasteiger partial charge in [-0.25, -0.2) is 14.6 Å². The van der Waals surface area contributed by atoms with Crippen molar-refractivity contribution in [1.82, 2.24) is 4.98 Å². The molecule has 0 fully saturated rings. The molecule has 25 heavy (non-hydrogen) atoms. The van der Waals surface area contributed by atoms with E-state index in [-0.39, 0.29) is 34.1 Å². The van der Waals surface area contributed by atoms with Crippen LogP contribution < -0.4 is 10.6 Å². The summed E-state index contributed by atoms with van der Waals surface area (Å²) in [5.74, 6) is -3.45. The number of nitrogens with zero attached hydrogens (tertiary/aromatic N) is 1. The molecule has 4 N–H and O–H groups in total. The van der Waals surface area contributed by atoms with Crippen molar-refractivity contribution in [3.63, 3.8) is 0 Å². The van der Waals surface area contributed by atoms with Gasteiger partial charge >= 0.3 is 11.9 Å². The highest BCUT2D eigenvalue weighted by Gasteiger charge is 2.14. The van der Waals surface area contributed by atoms with Crippen LogP contribution in [0.5, 0.6) is 0 Å². The summed E-state index contributed by atoms with van der Waals surface area (Å²) in [6.07, 6.45) is 1.32. The maximum Gasteiger partial charge on any atom is 0.335 e. The Balaban J connectivity index is 2.29. The molecule has 0 aliphatic heterocycles. The number of hydrogen-bond donors (Lipinski definition) is 4. The van der Waals surface area contributed by atoms with Gasteiger partial charge < -0.3 is 20.8 Å².